The van der Waals surface area contributed by atoms with E-state index in [1.807, 2.05) is 26.2 Å². The van der Waals surface area contributed by atoms with E-state index in [4.69, 9.17) is 4.74 Å². The first-order valence-corrected chi connectivity index (χ1v) is 6.29. The fourth-order valence-electron chi connectivity index (χ4n) is 2.44. The maximum atomic E-state index is 9.26. The third-order valence-corrected chi connectivity index (χ3v) is 3.32. The molecule has 0 saturated carbocycles. The Balaban J connectivity index is 2.31. The molecule has 1 aromatic carbocycles. The van der Waals surface area contributed by atoms with Gasteiger partial charge in [-0.3, -0.25) is 0 Å². The summed E-state index contributed by atoms with van der Waals surface area (Å²) >= 11 is 0. The van der Waals surface area contributed by atoms with Gasteiger partial charge in [-0.15, -0.1) is 0 Å². The molecule has 1 unspecified atom stereocenters. The molecule has 1 aliphatic rings. The van der Waals surface area contributed by atoms with Crippen LogP contribution in [0.25, 0.3) is 0 Å². The van der Waals surface area contributed by atoms with Crippen LogP contribution in [-0.2, 0) is 11.3 Å². The number of hydrogen-bond acceptors (Lipinski definition) is 4. The van der Waals surface area contributed by atoms with Crippen molar-refractivity contribution in [3.8, 4) is 0 Å². The van der Waals surface area contributed by atoms with Crippen LogP contribution in [0.4, 0.5) is 0 Å². The van der Waals surface area contributed by atoms with Gasteiger partial charge in [-0.2, -0.15) is 0 Å². The van der Waals surface area contributed by atoms with Crippen LogP contribution in [-0.4, -0.2) is 49.4 Å². The van der Waals surface area contributed by atoms with Gasteiger partial charge in [-0.1, -0.05) is 18.2 Å². The van der Waals surface area contributed by atoms with Crippen molar-refractivity contribution in [1.29, 1.82) is 0 Å². The summed E-state index contributed by atoms with van der Waals surface area (Å²) in [5, 5.41) is 18.5. The zero-order chi connectivity index (χ0) is 13.1. The van der Waals surface area contributed by atoms with E-state index in [-0.39, 0.29) is 0 Å². The zero-order valence-corrected chi connectivity index (χ0v) is 11.0. The van der Waals surface area contributed by atoms with Crippen LogP contribution in [0, 0.1) is 0 Å². The van der Waals surface area contributed by atoms with Crippen LogP contribution in [0.15, 0.2) is 18.2 Å². The predicted octanol–water partition coefficient (Wildman–Crippen LogP) is -0.0681. The smallest absolute Gasteiger partial charge is 0.423 e. The number of hydrogen-bond donors (Lipinski definition) is 2. The first kappa shape index (κ1) is 13.6. The van der Waals surface area contributed by atoms with Crippen LogP contribution in [0.2, 0.25) is 0 Å². The highest BCUT2D eigenvalue weighted by Gasteiger charge is 2.22. The minimum atomic E-state index is -1.40. The maximum Gasteiger partial charge on any atom is 0.488 e. The standard InChI is InChI=1S/C13H20BNO3/c1-15(2)8-11-7-12(14(16)17)3-4-13(11)10-5-6-18-9-10/h3-4,7,10,16-17H,5-6,8-9H2,1-2H3. The molecule has 0 bridgehead atoms. The Morgan fingerprint density at radius 3 is 2.72 bits per heavy atom. The highest BCUT2D eigenvalue weighted by molar-refractivity contribution is 6.58. The first-order chi connectivity index (χ1) is 8.58. The molecule has 0 radical (unpaired) electrons. The van der Waals surface area contributed by atoms with Crippen LogP contribution in [0.3, 0.4) is 0 Å². The van der Waals surface area contributed by atoms with Gasteiger partial charge in [-0.25, -0.2) is 0 Å². The van der Waals surface area contributed by atoms with E-state index >= 15 is 0 Å². The first-order valence-electron chi connectivity index (χ1n) is 6.29. The van der Waals surface area contributed by atoms with Crippen molar-refractivity contribution in [3.63, 3.8) is 0 Å². The summed E-state index contributed by atoms with van der Waals surface area (Å²) in [6.45, 7) is 2.38. The third kappa shape index (κ3) is 3.11. The second-order valence-electron chi connectivity index (χ2n) is 5.13. The topological polar surface area (TPSA) is 52.9 Å². The molecule has 18 heavy (non-hydrogen) atoms. The van der Waals surface area contributed by atoms with E-state index in [2.05, 4.69) is 4.90 Å². The van der Waals surface area contributed by atoms with Gasteiger partial charge >= 0.3 is 7.12 Å². The molecule has 1 atom stereocenters. The molecule has 1 saturated heterocycles. The van der Waals surface area contributed by atoms with E-state index in [9.17, 15) is 10.0 Å². The highest BCUT2D eigenvalue weighted by atomic mass is 16.5. The molecule has 1 heterocycles. The summed E-state index contributed by atoms with van der Waals surface area (Å²) in [6, 6.07) is 5.68. The second kappa shape index (κ2) is 5.84. The number of benzene rings is 1. The zero-order valence-electron chi connectivity index (χ0n) is 11.0. The Kier molecular flexibility index (Phi) is 4.40. The van der Waals surface area contributed by atoms with Gasteiger partial charge in [-0.05, 0) is 37.1 Å². The van der Waals surface area contributed by atoms with Crippen LogP contribution >= 0.6 is 0 Å². The Labute approximate surface area is 108 Å². The average Bonchev–Trinajstić information content (AvgIpc) is 2.81. The van der Waals surface area contributed by atoms with Gasteiger partial charge in [0.15, 0.2) is 0 Å². The van der Waals surface area contributed by atoms with Crippen molar-refractivity contribution in [2.24, 2.45) is 0 Å². The summed E-state index contributed by atoms with van der Waals surface area (Å²) in [4.78, 5) is 2.09. The molecule has 0 aliphatic carbocycles. The van der Waals surface area contributed by atoms with E-state index in [1.165, 1.54) is 5.56 Å². The number of ether oxygens (including phenoxy) is 1. The van der Waals surface area contributed by atoms with E-state index in [0.717, 1.165) is 31.7 Å². The van der Waals surface area contributed by atoms with Crippen LogP contribution < -0.4 is 5.46 Å². The minimum absolute atomic E-state index is 0.435. The van der Waals surface area contributed by atoms with E-state index in [1.54, 1.807) is 6.07 Å². The monoisotopic (exact) mass is 249 g/mol. The van der Waals surface area contributed by atoms with Crippen molar-refractivity contribution in [3.05, 3.63) is 29.3 Å². The SMILES string of the molecule is CN(C)Cc1cc(B(O)O)ccc1C1CCOC1. The molecule has 1 fully saturated rings. The molecule has 98 valence electrons. The summed E-state index contributed by atoms with van der Waals surface area (Å²) < 4.78 is 5.44. The molecule has 0 amide bonds. The van der Waals surface area contributed by atoms with Crippen molar-refractivity contribution >= 4 is 12.6 Å². The molecular weight excluding hydrogens is 229 g/mol. The van der Waals surface area contributed by atoms with Gasteiger partial charge in [0.05, 0.1) is 6.61 Å². The Morgan fingerprint density at radius 1 is 1.39 bits per heavy atom. The normalized spacial score (nSPS) is 19.5. The lowest BCUT2D eigenvalue weighted by molar-refractivity contribution is 0.193. The molecule has 4 nitrogen and oxygen atoms in total. The van der Waals surface area contributed by atoms with Gasteiger partial charge in [0.2, 0.25) is 0 Å². The molecular formula is C13H20BNO3. The average molecular weight is 249 g/mol. The number of rotatable bonds is 4. The maximum absolute atomic E-state index is 9.26. The molecule has 1 aromatic rings. The van der Waals surface area contributed by atoms with Gasteiger partial charge in [0.1, 0.15) is 0 Å². The lowest BCUT2D eigenvalue weighted by atomic mass is 9.77. The molecule has 2 rings (SSSR count). The molecule has 0 aromatic heterocycles. The summed E-state index contributed by atoms with van der Waals surface area (Å²) in [5.41, 5.74) is 2.97. The van der Waals surface area contributed by atoms with Gasteiger partial charge in [0.25, 0.3) is 0 Å². The second-order valence-corrected chi connectivity index (χ2v) is 5.13. The quantitative estimate of drug-likeness (QED) is 0.733. The van der Waals surface area contributed by atoms with Crippen molar-refractivity contribution in [2.75, 3.05) is 27.3 Å². The fourth-order valence-corrected chi connectivity index (χ4v) is 2.44. The number of nitrogens with zero attached hydrogens (tertiary/aromatic N) is 1. The van der Waals surface area contributed by atoms with Gasteiger partial charge in [0, 0.05) is 19.1 Å². The van der Waals surface area contributed by atoms with E-state index < -0.39 is 7.12 Å². The van der Waals surface area contributed by atoms with Crippen molar-refractivity contribution in [2.45, 2.75) is 18.9 Å². The summed E-state index contributed by atoms with van der Waals surface area (Å²) in [5.74, 6) is 0.435. The van der Waals surface area contributed by atoms with E-state index in [0.29, 0.717) is 11.4 Å². The molecule has 5 heteroatoms. The lowest BCUT2D eigenvalue weighted by Crippen LogP contribution is -2.31. The van der Waals surface area contributed by atoms with Crippen LogP contribution in [0.5, 0.6) is 0 Å². The van der Waals surface area contributed by atoms with Gasteiger partial charge < -0.3 is 19.7 Å². The fraction of sp³-hybridized carbons (Fsp3) is 0.538. The molecule has 2 N–H and O–H groups in total. The Hall–Kier alpha value is -0.875. The Morgan fingerprint density at radius 2 is 2.17 bits per heavy atom. The van der Waals surface area contributed by atoms with Crippen molar-refractivity contribution in [1.82, 2.24) is 4.90 Å². The lowest BCUT2D eigenvalue weighted by Gasteiger charge is -2.19. The van der Waals surface area contributed by atoms with Crippen LogP contribution in [0.1, 0.15) is 23.5 Å². The molecule has 0 spiro atoms. The third-order valence-electron chi connectivity index (χ3n) is 3.32. The van der Waals surface area contributed by atoms with Crippen molar-refractivity contribution < 1.29 is 14.8 Å². The predicted molar refractivity (Wildman–Crippen MR) is 71.8 cm³/mol. The summed E-state index contributed by atoms with van der Waals surface area (Å²) in [6.07, 6.45) is 1.04. The highest BCUT2D eigenvalue weighted by Crippen LogP contribution is 2.28. The minimum Gasteiger partial charge on any atom is -0.423 e. The Bertz CT molecular complexity index is 403. The largest absolute Gasteiger partial charge is 0.488 e. The molecule has 1 aliphatic heterocycles. The summed E-state index contributed by atoms with van der Waals surface area (Å²) in [7, 11) is 2.62.